The normalized spacial score (nSPS) is 34.8. The van der Waals surface area contributed by atoms with Crippen LogP contribution < -0.4 is 0 Å². The van der Waals surface area contributed by atoms with E-state index in [1.54, 1.807) is 0 Å². The minimum Gasteiger partial charge on any atom is -0.458 e. The third-order valence-electron chi connectivity index (χ3n) is 6.43. The maximum Gasteiger partial charge on any atom is 0.334 e. The lowest BCUT2D eigenvalue weighted by Gasteiger charge is -2.53. The summed E-state index contributed by atoms with van der Waals surface area (Å²) in [4.78, 5) is 11.9. The first kappa shape index (κ1) is 15.9. The average molecular weight is 328 g/mol. The van der Waals surface area contributed by atoms with Crippen molar-refractivity contribution in [2.75, 3.05) is 6.61 Å². The van der Waals surface area contributed by atoms with Gasteiger partial charge in [0.25, 0.3) is 0 Å². The summed E-state index contributed by atoms with van der Waals surface area (Å²) in [6.07, 6.45) is 0.777. The number of cyclic esters (lactones) is 1. The van der Waals surface area contributed by atoms with Crippen LogP contribution >= 0.6 is 0 Å². The van der Waals surface area contributed by atoms with Crippen LogP contribution in [0.3, 0.4) is 0 Å². The van der Waals surface area contributed by atoms with E-state index in [0.29, 0.717) is 29.9 Å². The Kier molecular flexibility index (Phi) is 3.26. The molecule has 2 aliphatic carbocycles. The fourth-order valence-corrected chi connectivity index (χ4v) is 4.79. The third-order valence-corrected chi connectivity index (χ3v) is 6.43. The predicted octanol–water partition coefficient (Wildman–Crippen LogP) is 2.88. The van der Waals surface area contributed by atoms with Crippen molar-refractivity contribution in [3.63, 3.8) is 0 Å². The van der Waals surface area contributed by atoms with Crippen molar-refractivity contribution >= 4 is 5.97 Å². The van der Waals surface area contributed by atoms with Gasteiger partial charge in [0.2, 0.25) is 0 Å². The number of rotatable bonds is 1. The number of esters is 1. The van der Waals surface area contributed by atoms with Crippen LogP contribution in [0.5, 0.6) is 0 Å². The van der Waals surface area contributed by atoms with Crippen LogP contribution in [0.25, 0.3) is 0 Å². The van der Waals surface area contributed by atoms with E-state index in [4.69, 9.17) is 4.74 Å². The zero-order valence-electron chi connectivity index (χ0n) is 14.4. The minimum atomic E-state index is -1.22. The van der Waals surface area contributed by atoms with Gasteiger partial charge in [-0.2, -0.15) is 0 Å². The van der Waals surface area contributed by atoms with Crippen molar-refractivity contribution in [1.29, 1.82) is 0 Å². The Morgan fingerprint density at radius 2 is 2.08 bits per heavy atom. The molecule has 24 heavy (non-hydrogen) atoms. The zero-order valence-corrected chi connectivity index (χ0v) is 14.4. The maximum absolute atomic E-state index is 11.9. The van der Waals surface area contributed by atoms with Crippen LogP contribution in [0, 0.1) is 0 Å². The Balaban J connectivity index is 1.90. The summed E-state index contributed by atoms with van der Waals surface area (Å²) in [5.41, 5.74) is 2.67. The molecule has 128 valence electrons. The Morgan fingerprint density at radius 1 is 1.33 bits per heavy atom. The molecule has 0 bridgehead atoms. The molecule has 0 aromatic heterocycles. The fraction of sp³-hybridized carbons (Fsp3) is 0.550. The molecule has 4 heteroatoms. The monoisotopic (exact) mass is 328 g/mol. The number of hydrogen-bond donors (Lipinski definition) is 2. The summed E-state index contributed by atoms with van der Waals surface area (Å²) < 4.78 is 5.18. The van der Waals surface area contributed by atoms with Gasteiger partial charge < -0.3 is 14.9 Å². The second-order valence-corrected chi connectivity index (χ2v) is 7.95. The van der Waals surface area contributed by atoms with Crippen LogP contribution in [0.1, 0.15) is 68.7 Å². The largest absolute Gasteiger partial charge is 0.458 e. The molecule has 3 atom stereocenters. The van der Waals surface area contributed by atoms with E-state index in [-0.39, 0.29) is 19.0 Å². The first-order valence-corrected chi connectivity index (χ1v) is 8.72. The van der Waals surface area contributed by atoms with Gasteiger partial charge in [-0.05, 0) is 35.4 Å². The van der Waals surface area contributed by atoms with Crippen molar-refractivity contribution in [1.82, 2.24) is 0 Å². The summed E-state index contributed by atoms with van der Waals surface area (Å²) >= 11 is 0. The number of hydrogen-bond acceptors (Lipinski definition) is 4. The molecule has 4 rings (SSSR count). The third kappa shape index (κ3) is 1.84. The highest BCUT2D eigenvalue weighted by atomic mass is 16.5. The molecule has 1 aliphatic heterocycles. The maximum atomic E-state index is 11.9. The number of fused-ring (bicyclic) bond motifs is 4. The molecule has 1 heterocycles. The van der Waals surface area contributed by atoms with Crippen LogP contribution in [0.15, 0.2) is 29.3 Å². The van der Waals surface area contributed by atoms with Gasteiger partial charge in [-0.1, -0.05) is 39.0 Å². The number of carbonyl (C=O) groups is 1. The summed E-state index contributed by atoms with van der Waals surface area (Å²) in [7, 11) is 0. The van der Waals surface area contributed by atoms with Gasteiger partial charge >= 0.3 is 5.97 Å². The lowest BCUT2D eigenvalue weighted by molar-refractivity contribution is -0.136. The van der Waals surface area contributed by atoms with Crippen LogP contribution in [0.4, 0.5) is 0 Å². The second kappa shape index (κ2) is 4.93. The Labute approximate surface area is 142 Å². The number of aliphatic hydroxyl groups is 2. The Hall–Kier alpha value is -1.65. The lowest BCUT2D eigenvalue weighted by Crippen LogP contribution is -2.57. The first-order chi connectivity index (χ1) is 11.3. The predicted molar refractivity (Wildman–Crippen MR) is 89.6 cm³/mol. The summed E-state index contributed by atoms with van der Waals surface area (Å²) in [5.74, 6) is 0.0774. The fourth-order valence-electron chi connectivity index (χ4n) is 4.79. The van der Waals surface area contributed by atoms with Gasteiger partial charge in [0, 0.05) is 23.0 Å². The molecule has 1 aromatic carbocycles. The lowest BCUT2D eigenvalue weighted by atomic mass is 9.53. The Morgan fingerprint density at radius 3 is 2.79 bits per heavy atom. The van der Waals surface area contributed by atoms with Gasteiger partial charge in [0.05, 0.1) is 6.10 Å². The summed E-state index contributed by atoms with van der Waals surface area (Å²) in [6.45, 7) is 6.47. The number of aliphatic hydroxyl groups excluding tert-OH is 1. The molecule has 0 amide bonds. The van der Waals surface area contributed by atoms with E-state index in [1.807, 2.05) is 0 Å². The Bertz CT molecular complexity index is 763. The van der Waals surface area contributed by atoms with Crippen molar-refractivity contribution in [2.45, 2.75) is 63.1 Å². The van der Waals surface area contributed by atoms with E-state index in [9.17, 15) is 15.0 Å². The van der Waals surface area contributed by atoms with Gasteiger partial charge in [-0.3, -0.25) is 0 Å². The van der Waals surface area contributed by atoms with Gasteiger partial charge in [-0.15, -0.1) is 0 Å². The van der Waals surface area contributed by atoms with Crippen LogP contribution in [-0.4, -0.2) is 28.4 Å². The molecule has 0 spiro atoms. The highest BCUT2D eigenvalue weighted by Gasteiger charge is 2.59. The molecule has 0 saturated carbocycles. The van der Waals surface area contributed by atoms with Crippen molar-refractivity contribution in [3.05, 3.63) is 46.0 Å². The van der Waals surface area contributed by atoms with Gasteiger partial charge in [0.1, 0.15) is 12.2 Å². The molecule has 1 aromatic rings. The molecule has 0 unspecified atom stereocenters. The van der Waals surface area contributed by atoms with Gasteiger partial charge in [0.15, 0.2) is 0 Å². The highest BCUT2D eigenvalue weighted by Crippen LogP contribution is 2.58. The number of carbonyl (C=O) groups excluding carboxylic acids is 1. The SMILES string of the molecule is CC(C)c1ccc2c(c1)[C@@H](O)C[C@@]1(O)C3=C(CC[C@]21C)C(=O)OC3. The minimum absolute atomic E-state index is 0.145. The molecule has 0 radical (unpaired) electrons. The average Bonchev–Trinajstić information content (AvgIpc) is 2.92. The molecule has 4 nitrogen and oxygen atoms in total. The van der Waals surface area contributed by atoms with E-state index in [1.165, 1.54) is 5.56 Å². The number of ether oxygens (including phenoxy) is 1. The topological polar surface area (TPSA) is 66.8 Å². The molecule has 2 N–H and O–H groups in total. The summed E-state index contributed by atoms with van der Waals surface area (Å²) in [6, 6.07) is 6.23. The quantitative estimate of drug-likeness (QED) is 0.778. The van der Waals surface area contributed by atoms with E-state index in [0.717, 1.165) is 11.1 Å². The van der Waals surface area contributed by atoms with Crippen molar-refractivity contribution in [3.8, 4) is 0 Å². The summed E-state index contributed by atoms with van der Waals surface area (Å²) in [5, 5.41) is 22.3. The van der Waals surface area contributed by atoms with Crippen LogP contribution in [-0.2, 0) is 14.9 Å². The van der Waals surface area contributed by atoms with Crippen molar-refractivity contribution < 1.29 is 19.7 Å². The molecule has 0 saturated heterocycles. The van der Waals surface area contributed by atoms with Crippen molar-refractivity contribution in [2.24, 2.45) is 0 Å². The van der Waals surface area contributed by atoms with E-state index >= 15 is 0 Å². The first-order valence-electron chi connectivity index (χ1n) is 8.72. The smallest absolute Gasteiger partial charge is 0.334 e. The zero-order chi connectivity index (χ0) is 17.3. The van der Waals surface area contributed by atoms with E-state index in [2.05, 4.69) is 39.0 Å². The molecule has 0 fully saturated rings. The highest BCUT2D eigenvalue weighted by molar-refractivity contribution is 5.93. The standard InChI is InChI=1S/C20H24O4/c1-11(2)12-4-5-15-14(8-12)17(21)9-20(23)16-10-24-18(22)13(16)6-7-19(15,20)3/h4-5,8,11,17,21,23H,6-7,9-10H2,1-3H3/t17-,19+,20+/m0/s1. The van der Waals surface area contributed by atoms with E-state index < -0.39 is 17.1 Å². The molecule has 3 aliphatic rings. The second-order valence-electron chi connectivity index (χ2n) is 7.95. The van der Waals surface area contributed by atoms with Gasteiger partial charge in [-0.25, -0.2) is 4.79 Å². The molecular formula is C20H24O4. The number of benzene rings is 1. The molecular weight excluding hydrogens is 304 g/mol. The van der Waals surface area contributed by atoms with Crippen LogP contribution in [0.2, 0.25) is 0 Å².